The Hall–Kier alpha value is -2.73. The van der Waals surface area contributed by atoms with Crippen LogP contribution < -0.4 is 20.1 Å². The molecule has 138 valence electrons. The molecule has 2 N–H and O–H groups in total. The fraction of sp³-hybridized carbons (Fsp3) is 0.263. The third kappa shape index (κ3) is 5.67. The zero-order valence-electron chi connectivity index (χ0n) is 14.7. The normalized spacial score (nSPS) is 10.1. The Morgan fingerprint density at radius 2 is 1.77 bits per heavy atom. The van der Waals surface area contributed by atoms with Gasteiger partial charge in [-0.25, -0.2) is 0 Å². The third-order valence-electron chi connectivity index (χ3n) is 3.45. The van der Waals surface area contributed by atoms with Crippen LogP contribution >= 0.6 is 11.6 Å². The molecule has 0 unspecified atom stereocenters. The summed E-state index contributed by atoms with van der Waals surface area (Å²) in [6.45, 7) is 2.81. The predicted molar refractivity (Wildman–Crippen MR) is 101 cm³/mol. The van der Waals surface area contributed by atoms with E-state index >= 15 is 0 Å². The molecule has 0 heterocycles. The molecule has 0 aliphatic rings. The molecule has 2 rings (SSSR count). The summed E-state index contributed by atoms with van der Waals surface area (Å²) in [5.41, 5.74) is 1.28. The highest BCUT2D eigenvalue weighted by Gasteiger charge is 2.14. The smallest absolute Gasteiger partial charge is 0.313 e. The van der Waals surface area contributed by atoms with Gasteiger partial charge in [0, 0.05) is 17.3 Å². The molecule has 7 heteroatoms. The number of anilines is 1. The fourth-order valence-corrected chi connectivity index (χ4v) is 2.26. The summed E-state index contributed by atoms with van der Waals surface area (Å²) in [7, 11) is 1.55. The van der Waals surface area contributed by atoms with Crippen LogP contribution in [0.1, 0.15) is 18.9 Å². The van der Waals surface area contributed by atoms with Crippen molar-refractivity contribution in [2.24, 2.45) is 0 Å². The molecule has 0 spiro atoms. The first-order valence-corrected chi connectivity index (χ1v) is 8.55. The first kappa shape index (κ1) is 19.6. The van der Waals surface area contributed by atoms with E-state index in [9.17, 15) is 9.59 Å². The number of ether oxygens (including phenoxy) is 2. The van der Waals surface area contributed by atoms with Gasteiger partial charge in [-0.3, -0.25) is 9.59 Å². The van der Waals surface area contributed by atoms with Crippen molar-refractivity contribution in [2.75, 3.05) is 19.0 Å². The Morgan fingerprint density at radius 1 is 1.04 bits per heavy atom. The van der Waals surface area contributed by atoms with Crippen molar-refractivity contribution in [3.63, 3.8) is 0 Å². The number of halogens is 1. The molecule has 0 aromatic heterocycles. The van der Waals surface area contributed by atoms with Gasteiger partial charge in [0.2, 0.25) is 0 Å². The average molecular weight is 377 g/mol. The fourth-order valence-electron chi connectivity index (χ4n) is 2.14. The molecule has 0 atom stereocenters. The molecule has 2 aromatic carbocycles. The lowest BCUT2D eigenvalue weighted by atomic mass is 10.2. The van der Waals surface area contributed by atoms with E-state index in [1.807, 2.05) is 13.0 Å². The minimum atomic E-state index is -0.748. The van der Waals surface area contributed by atoms with E-state index in [2.05, 4.69) is 10.6 Å². The van der Waals surface area contributed by atoms with Crippen LogP contribution in [0, 0.1) is 0 Å². The maximum atomic E-state index is 11.9. The molecule has 26 heavy (non-hydrogen) atoms. The van der Waals surface area contributed by atoms with Crippen LogP contribution in [-0.2, 0) is 16.1 Å². The maximum absolute atomic E-state index is 11.9. The molecule has 0 saturated carbocycles. The highest BCUT2D eigenvalue weighted by Crippen LogP contribution is 2.28. The standard InChI is InChI=1S/C19H21ClN2O4/c1-3-10-26-16-9-4-13(11-17(16)25-2)12-21-18(23)19(24)22-15-7-5-14(20)6-8-15/h4-9,11H,3,10,12H2,1-2H3,(H,21,23)(H,22,24). The molecule has 0 radical (unpaired) electrons. The van der Waals surface area contributed by atoms with Crippen molar-refractivity contribution >= 4 is 29.1 Å². The van der Waals surface area contributed by atoms with Crippen LogP contribution in [0.3, 0.4) is 0 Å². The number of benzene rings is 2. The summed E-state index contributed by atoms with van der Waals surface area (Å²) in [6.07, 6.45) is 0.893. The average Bonchev–Trinajstić information content (AvgIpc) is 2.66. The minimum Gasteiger partial charge on any atom is -0.493 e. The second-order valence-electron chi connectivity index (χ2n) is 5.48. The van der Waals surface area contributed by atoms with Crippen LogP contribution in [0.15, 0.2) is 42.5 Å². The van der Waals surface area contributed by atoms with Gasteiger partial charge in [-0.15, -0.1) is 0 Å². The number of amides is 2. The van der Waals surface area contributed by atoms with Gasteiger partial charge >= 0.3 is 11.8 Å². The summed E-state index contributed by atoms with van der Waals surface area (Å²) >= 11 is 5.78. The number of hydrogen-bond donors (Lipinski definition) is 2. The van der Waals surface area contributed by atoms with Gasteiger partial charge < -0.3 is 20.1 Å². The van der Waals surface area contributed by atoms with Gasteiger partial charge in [-0.05, 0) is 48.4 Å². The lowest BCUT2D eigenvalue weighted by Gasteiger charge is -2.12. The van der Waals surface area contributed by atoms with Gasteiger partial charge in [-0.2, -0.15) is 0 Å². The molecule has 6 nitrogen and oxygen atoms in total. The second kappa shape index (κ2) is 9.68. The van der Waals surface area contributed by atoms with Crippen LogP contribution in [0.4, 0.5) is 5.69 Å². The maximum Gasteiger partial charge on any atom is 0.313 e. The molecule has 0 aliphatic heterocycles. The molecule has 2 aromatic rings. The lowest BCUT2D eigenvalue weighted by molar-refractivity contribution is -0.136. The van der Waals surface area contributed by atoms with Crippen molar-refractivity contribution in [3.05, 3.63) is 53.1 Å². The Bertz CT molecular complexity index is 763. The minimum absolute atomic E-state index is 0.192. The van der Waals surface area contributed by atoms with E-state index in [1.54, 1.807) is 43.5 Å². The largest absolute Gasteiger partial charge is 0.493 e. The first-order valence-electron chi connectivity index (χ1n) is 8.18. The Labute approximate surface area is 157 Å². The first-order chi connectivity index (χ1) is 12.5. The van der Waals surface area contributed by atoms with E-state index in [0.29, 0.717) is 28.8 Å². The molecule has 0 fully saturated rings. The van der Waals surface area contributed by atoms with Crippen molar-refractivity contribution in [2.45, 2.75) is 19.9 Å². The third-order valence-corrected chi connectivity index (χ3v) is 3.70. The Balaban J connectivity index is 1.91. The van der Waals surface area contributed by atoms with Gasteiger partial charge in [0.1, 0.15) is 0 Å². The highest BCUT2D eigenvalue weighted by atomic mass is 35.5. The number of nitrogens with one attached hydrogen (secondary N) is 2. The summed E-state index contributed by atoms with van der Waals surface area (Å²) in [4.78, 5) is 23.9. The number of hydrogen-bond acceptors (Lipinski definition) is 4. The van der Waals surface area contributed by atoms with E-state index in [0.717, 1.165) is 12.0 Å². The number of methoxy groups -OCH3 is 1. The predicted octanol–water partition coefficient (Wildman–Crippen LogP) is 3.39. The molecule has 0 bridgehead atoms. The van der Waals surface area contributed by atoms with E-state index in [-0.39, 0.29) is 6.54 Å². The molecular formula is C19H21ClN2O4. The quantitative estimate of drug-likeness (QED) is 0.726. The Kier molecular flexibility index (Phi) is 7.29. The molecule has 0 saturated heterocycles. The van der Waals surface area contributed by atoms with Gasteiger partial charge in [0.05, 0.1) is 13.7 Å². The molecular weight excluding hydrogens is 356 g/mol. The number of rotatable bonds is 7. The molecule has 0 aliphatic carbocycles. The SMILES string of the molecule is CCCOc1ccc(CNC(=O)C(=O)Nc2ccc(Cl)cc2)cc1OC. The number of carbonyl (C=O) groups is 2. The zero-order chi connectivity index (χ0) is 18.9. The summed E-state index contributed by atoms with van der Waals surface area (Å²) in [6, 6.07) is 11.9. The van der Waals surface area contributed by atoms with Crippen LogP contribution in [0.25, 0.3) is 0 Å². The van der Waals surface area contributed by atoms with Gasteiger partial charge in [0.25, 0.3) is 0 Å². The summed E-state index contributed by atoms with van der Waals surface area (Å²) in [5.74, 6) is -0.256. The topological polar surface area (TPSA) is 76.7 Å². The van der Waals surface area contributed by atoms with E-state index in [4.69, 9.17) is 21.1 Å². The monoisotopic (exact) mass is 376 g/mol. The van der Waals surface area contributed by atoms with Crippen LogP contribution in [-0.4, -0.2) is 25.5 Å². The second-order valence-corrected chi connectivity index (χ2v) is 5.91. The van der Waals surface area contributed by atoms with Crippen LogP contribution in [0.2, 0.25) is 5.02 Å². The van der Waals surface area contributed by atoms with E-state index in [1.165, 1.54) is 0 Å². The zero-order valence-corrected chi connectivity index (χ0v) is 15.4. The summed E-state index contributed by atoms with van der Waals surface area (Å²) < 4.78 is 10.9. The molecule has 2 amide bonds. The van der Waals surface area contributed by atoms with Crippen molar-refractivity contribution in [3.8, 4) is 11.5 Å². The van der Waals surface area contributed by atoms with Gasteiger partial charge in [0.15, 0.2) is 11.5 Å². The van der Waals surface area contributed by atoms with Crippen molar-refractivity contribution < 1.29 is 19.1 Å². The summed E-state index contributed by atoms with van der Waals surface area (Å²) in [5, 5.41) is 5.63. The van der Waals surface area contributed by atoms with Crippen molar-refractivity contribution in [1.29, 1.82) is 0 Å². The number of carbonyl (C=O) groups excluding carboxylic acids is 2. The van der Waals surface area contributed by atoms with Crippen LogP contribution in [0.5, 0.6) is 11.5 Å². The van der Waals surface area contributed by atoms with Gasteiger partial charge in [-0.1, -0.05) is 24.6 Å². The highest BCUT2D eigenvalue weighted by molar-refractivity contribution is 6.39. The lowest BCUT2D eigenvalue weighted by Crippen LogP contribution is -2.34. The van der Waals surface area contributed by atoms with Crippen molar-refractivity contribution in [1.82, 2.24) is 5.32 Å². The van der Waals surface area contributed by atoms with E-state index < -0.39 is 11.8 Å². The Morgan fingerprint density at radius 3 is 2.42 bits per heavy atom.